The van der Waals surface area contributed by atoms with E-state index in [-0.39, 0.29) is 23.0 Å². The fourth-order valence-electron chi connectivity index (χ4n) is 2.25. The number of benzene rings is 2. The van der Waals surface area contributed by atoms with Crippen LogP contribution < -0.4 is 9.47 Å². The molecule has 140 valence electrons. The quantitative estimate of drug-likeness (QED) is 0.390. The largest absolute Gasteiger partial charge is 0.504 e. The van der Waals surface area contributed by atoms with Gasteiger partial charge < -0.3 is 24.8 Å². The van der Waals surface area contributed by atoms with Crippen molar-refractivity contribution in [3.8, 4) is 23.0 Å². The lowest BCUT2D eigenvalue weighted by atomic mass is 10.1. The third-order valence-electron chi connectivity index (χ3n) is 3.64. The van der Waals surface area contributed by atoms with Gasteiger partial charge in [0.1, 0.15) is 5.57 Å². The zero-order valence-electron chi connectivity index (χ0n) is 14.7. The van der Waals surface area contributed by atoms with E-state index < -0.39 is 17.3 Å². The highest BCUT2D eigenvalue weighted by Gasteiger charge is 2.15. The summed E-state index contributed by atoms with van der Waals surface area (Å²) in [5.74, 6) is -1.86. The highest BCUT2D eigenvalue weighted by Crippen LogP contribution is 2.28. The molecule has 3 N–H and O–H groups in total. The van der Waals surface area contributed by atoms with Crippen LogP contribution in [-0.2, 0) is 9.59 Å². The highest BCUT2D eigenvalue weighted by molar-refractivity contribution is 6.25. The van der Waals surface area contributed by atoms with Crippen LogP contribution in [0.3, 0.4) is 0 Å². The van der Waals surface area contributed by atoms with E-state index in [1.807, 2.05) is 0 Å². The van der Waals surface area contributed by atoms with Gasteiger partial charge in [-0.3, -0.25) is 4.79 Å². The Hall–Kier alpha value is -3.74. The van der Waals surface area contributed by atoms with Gasteiger partial charge in [0.2, 0.25) is 0 Å². The second-order valence-corrected chi connectivity index (χ2v) is 5.42. The van der Waals surface area contributed by atoms with Gasteiger partial charge in [-0.25, -0.2) is 4.79 Å². The van der Waals surface area contributed by atoms with Gasteiger partial charge in [0.25, 0.3) is 0 Å². The Kier molecular flexibility index (Phi) is 6.22. The van der Waals surface area contributed by atoms with Gasteiger partial charge in [0.05, 0.1) is 14.2 Å². The summed E-state index contributed by atoms with van der Waals surface area (Å²) in [5.41, 5.74) is 0.480. The summed E-state index contributed by atoms with van der Waals surface area (Å²) in [5, 5.41) is 28.5. The maximum atomic E-state index is 12.3. The fraction of sp³-hybridized carbons (Fsp3) is 0.100. The zero-order valence-corrected chi connectivity index (χ0v) is 14.7. The number of hydrogen-bond acceptors (Lipinski definition) is 6. The molecule has 0 atom stereocenters. The molecule has 7 heteroatoms. The summed E-state index contributed by atoms with van der Waals surface area (Å²) in [6.45, 7) is 0. The summed E-state index contributed by atoms with van der Waals surface area (Å²) < 4.78 is 9.95. The molecule has 2 aromatic carbocycles. The van der Waals surface area contributed by atoms with E-state index in [9.17, 15) is 24.9 Å². The van der Waals surface area contributed by atoms with Gasteiger partial charge in [0.15, 0.2) is 28.8 Å². The number of hydrogen-bond donors (Lipinski definition) is 3. The van der Waals surface area contributed by atoms with Crippen LogP contribution in [-0.4, -0.2) is 41.3 Å². The first-order valence-corrected chi connectivity index (χ1v) is 7.77. The summed E-state index contributed by atoms with van der Waals surface area (Å²) in [7, 11) is 2.76. The molecule has 0 saturated heterocycles. The molecular formula is C20H18O7. The van der Waals surface area contributed by atoms with Crippen molar-refractivity contribution in [1.29, 1.82) is 0 Å². The first kappa shape index (κ1) is 19.6. The lowest BCUT2D eigenvalue weighted by Gasteiger charge is -2.05. The van der Waals surface area contributed by atoms with Gasteiger partial charge in [-0.15, -0.1) is 0 Å². The lowest BCUT2D eigenvalue weighted by Crippen LogP contribution is -2.09. The zero-order chi connectivity index (χ0) is 20.0. The van der Waals surface area contributed by atoms with Gasteiger partial charge >= 0.3 is 5.97 Å². The van der Waals surface area contributed by atoms with Gasteiger partial charge in [-0.05, 0) is 47.5 Å². The number of aromatic hydroxyl groups is 2. The van der Waals surface area contributed by atoms with E-state index in [0.29, 0.717) is 11.1 Å². The van der Waals surface area contributed by atoms with E-state index in [1.54, 1.807) is 6.07 Å². The number of carboxylic acids is 1. The Balaban J connectivity index is 2.31. The van der Waals surface area contributed by atoms with Crippen molar-refractivity contribution >= 4 is 23.9 Å². The third kappa shape index (κ3) is 4.88. The summed E-state index contributed by atoms with van der Waals surface area (Å²) in [6.07, 6.45) is 3.72. The van der Waals surface area contributed by atoms with E-state index in [1.165, 1.54) is 56.7 Å². The van der Waals surface area contributed by atoms with Gasteiger partial charge in [-0.2, -0.15) is 0 Å². The average molecular weight is 370 g/mol. The Morgan fingerprint density at radius 1 is 0.889 bits per heavy atom. The monoisotopic (exact) mass is 370 g/mol. The summed E-state index contributed by atoms with van der Waals surface area (Å²) in [4.78, 5) is 23.8. The smallest absolute Gasteiger partial charge is 0.339 e. The molecule has 7 nitrogen and oxygen atoms in total. The number of phenols is 2. The van der Waals surface area contributed by atoms with Crippen LogP contribution in [0.25, 0.3) is 12.2 Å². The van der Waals surface area contributed by atoms with Crippen LogP contribution in [0.2, 0.25) is 0 Å². The number of allylic oxidation sites excluding steroid dienone is 1. The molecule has 0 amide bonds. The maximum Gasteiger partial charge on any atom is 0.339 e. The Labute approximate surface area is 155 Å². The molecule has 0 radical (unpaired) electrons. The van der Waals surface area contributed by atoms with Gasteiger partial charge in [0, 0.05) is 0 Å². The number of carbonyl (C=O) groups excluding carboxylic acids is 1. The number of ether oxygens (including phenoxy) is 2. The molecule has 0 heterocycles. The number of methoxy groups -OCH3 is 2. The van der Waals surface area contributed by atoms with E-state index in [4.69, 9.17) is 9.47 Å². The van der Waals surface area contributed by atoms with Crippen molar-refractivity contribution < 1.29 is 34.4 Å². The normalized spacial score (nSPS) is 11.4. The number of carbonyl (C=O) groups is 2. The predicted molar refractivity (Wildman–Crippen MR) is 99.0 cm³/mol. The number of carboxylic acid groups (broad SMARTS) is 1. The maximum absolute atomic E-state index is 12.3. The minimum Gasteiger partial charge on any atom is -0.504 e. The van der Waals surface area contributed by atoms with Crippen LogP contribution in [0.15, 0.2) is 48.0 Å². The Bertz CT molecular complexity index is 926. The molecule has 2 aromatic rings. The van der Waals surface area contributed by atoms with Crippen molar-refractivity contribution in [2.45, 2.75) is 0 Å². The van der Waals surface area contributed by atoms with Crippen molar-refractivity contribution in [1.82, 2.24) is 0 Å². The molecular weight excluding hydrogens is 352 g/mol. The highest BCUT2D eigenvalue weighted by atomic mass is 16.5. The second-order valence-electron chi connectivity index (χ2n) is 5.42. The van der Waals surface area contributed by atoms with E-state index >= 15 is 0 Å². The molecule has 0 aliphatic heterocycles. The standard InChI is InChI=1S/C20H18O7/c1-26-18-10-12(4-7-16(18)22)3-6-15(21)14(20(24)25)9-13-5-8-17(23)19(11-13)27-2/h3-11,22-23H,1-2H3,(H,24,25)/b6-3?,14-9+. The van der Waals surface area contributed by atoms with E-state index in [0.717, 1.165) is 6.08 Å². The van der Waals surface area contributed by atoms with Crippen LogP contribution in [0.1, 0.15) is 11.1 Å². The second kappa shape index (κ2) is 8.57. The van der Waals surface area contributed by atoms with Crippen molar-refractivity contribution in [3.63, 3.8) is 0 Å². The van der Waals surface area contributed by atoms with Crippen LogP contribution >= 0.6 is 0 Å². The van der Waals surface area contributed by atoms with Crippen molar-refractivity contribution in [2.24, 2.45) is 0 Å². The molecule has 0 aromatic heterocycles. The van der Waals surface area contributed by atoms with Crippen LogP contribution in [0.4, 0.5) is 0 Å². The number of rotatable bonds is 7. The summed E-state index contributed by atoms with van der Waals surface area (Å²) in [6, 6.07) is 8.68. The third-order valence-corrected chi connectivity index (χ3v) is 3.64. The Morgan fingerprint density at radius 3 is 1.93 bits per heavy atom. The summed E-state index contributed by atoms with van der Waals surface area (Å²) >= 11 is 0. The molecule has 27 heavy (non-hydrogen) atoms. The number of aliphatic carboxylic acids is 1. The number of phenolic OH excluding ortho intramolecular Hbond substituents is 2. The molecule has 0 aliphatic rings. The SMILES string of the molecule is COc1cc(C=CC(=O)/C(=C\c2ccc(O)c(OC)c2)C(=O)O)ccc1O. The van der Waals surface area contributed by atoms with Crippen LogP contribution in [0.5, 0.6) is 23.0 Å². The Morgan fingerprint density at radius 2 is 1.41 bits per heavy atom. The molecule has 0 unspecified atom stereocenters. The average Bonchev–Trinajstić information content (AvgIpc) is 2.66. The molecule has 0 saturated carbocycles. The first-order valence-electron chi connectivity index (χ1n) is 7.77. The minimum absolute atomic E-state index is 0.0478. The molecule has 0 aliphatic carbocycles. The van der Waals surface area contributed by atoms with Gasteiger partial charge in [-0.1, -0.05) is 18.2 Å². The minimum atomic E-state index is -1.39. The number of ketones is 1. The van der Waals surface area contributed by atoms with Crippen molar-refractivity contribution in [2.75, 3.05) is 14.2 Å². The predicted octanol–water partition coefficient (Wildman–Crippen LogP) is 2.87. The van der Waals surface area contributed by atoms with Crippen molar-refractivity contribution in [3.05, 3.63) is 59.2 Å². The fourth-order valence-corrected chi connectivity index (χ4v) is 2.25. The topological polar surface area (TPSA) is 113 Å². The molecule has 2 rings (SSSR count). The van der Waals surface area contributed by atoms with E-state index in [2.05, 4.69) is 0 Å². The lowest BCUT2D eigenvalue weighted by molar-refractivity contribution is -0.133. The molecule has 0 spiro atoms. The molecule has 0 fully saturated rings. The van der Waals surface area contributed by atoms with Crippen LogP contribution in [0, 0.1) is 0 Å². The molecule has 0 bridgehead atoms. The first-order chi connectivity index (χ1) is 12.8.